The highest BCUT2D eigenvalue weighted by molar-refractivity contribution is 7.10. The highest BCUT2D eigenvalue weighted by Crippen LogP contribution is 2.47. The first-order chi connectivity index (χ1) is 13.8. The summed E-state index contributed by atoms with van der Waals surface area (Å²) in [6, 6.07) is 7.79. The van der Waals surface area contributed by atoms with Crippen molar-refractivity contribution in [2.45, 2.75) is 52.1 Å². The molecule has 1 aliphatic heterocycles. The quantitative estimate of drug-likeness (QED) is 0.731. The monoisotopic (exact) mass is 411 g/mol. The van der Waals surface area contributed by atoms with Crippen LogP contribution in [0.1, 0.15) is 55.4 Å². The normalized spacial score (nSPS) is 24.2. The van der Waals surface area contributed by atoms with E-state index in [1.54, 1.807) is 11.3 Å². The number of fused-ring (bicyclic) bond motifs is 1. The Bertz CT molecular complexity index is 996. The van der Waals surface area contributed by atoms with Crippen LogP contribution < -0.4 is 5.32 Å². The molecule has 0 saturated heterocycles. The summed E-state index contributed by atoms with van der Waals surface area (Å²) >= 11 is 1.66. The summed E-state index contributed by atoms with van der Waals surface area (Å²) in [4.78, 5) is 27.4. The van der Waals surface area contributed by atoms with Crippen LogP contribution in [0.25, 0.3) is 0 Å². The highest BCUT2D eigenvalue weighted by Gasteiger charge is 2.46. The third-order valence-electron chi connectivity index (χ3n) is 5.40. The van der Waals surface area contributed by atoms with Gasteiger partial charge in [-0.2, -0.15) is 0 Å². The molecular formula is C23H25NO4S. The highest BCUT2D eigenvalue weighted by atomic mass is 32.1. The van der Waals surface area contributed by atoms with Crippen molar-refractivity contribution in [2.75, 3.05) is 0 Å². The number of aryl methyl sites for hydroxylation is 1. The van der Waals surface area contributed by atoms with Gasteiger partial charge in [0.1, 0.15) is 17.3 Å². The van der Waals surface area contributed by atoms with Crippen LogP contribution in [-0.4, -0.2) is 17.9 Å². The lowest BCUT2D eigenvalue weighted by molar-refractivity contribution is -0.143. The van der Waals surface area contributed by atoms with E-state index in [9.17, 15) is 9.59 Å². The van der Waals surface area contributed by atoms with Crippen LogP contribution in [0.4, 0.5) is 0 Å². The lowest BCUT2D eigenvalue weighted by atomic mass is 9.71. The zero-order valence-corrected chi connectivity index (χ0v) is 17.8. The summed E-state index contributed by atoms with van der Waals surface area (Å²) in [6.45, 7) is 7.35. The van der Waals surface area contributed by atoms with Gasteiger partial charge in [0.15, 0.2) is 0 Å². The maximum absolute atomic E-state index is 13.3. The first kappa shape index (κ1) is 19.7. The number of allylic oxidation sites excluding steroid dienone is 3. The first-order valence-electron chi connectivity index (χ1n) is 9.88. The van der Waals surface area contributed by atoms with E-state index >= 15 is 0 Å². The van der Waals surface area contributed by atoms with E-state index in [0.717, 1.165) is 11.5 Å². The number of nitrogens with one attached hydrogen (secondary N) is 1. The number of carbonyl (C=O) groups is 2. The Morgan fingerprint density at radius 3 is 2.66 bits per heavy atom. The molecule has 1 N–H and O–H groups in total. The minimum Gasteiger partial charge on any atom is -0.466 e. The molecule has 0 fully saturated rings. The average Bonchev–Trinajstić information content (AvgIpc) is 3.31. The standard InChI is InChI=1S/C23H25NO4S/c1-12(2)27-23(26)20-14(4)24-16-10-15(19-6-5-9-29-19)11-17(25)21(16)22(20)18-8-7-13(3)28-18/h5-10,12,15,21-22,24H,11H2,1-4H3. The largest absolute Gasteiger partial charge is 0.466 e. The van der Waals surface area contributed by atoms with Crippen molar-refractivity contribution in [1.29, 1.82) is 0 Å². The van der Waals surface area contributed by atoms with E-state index in [-0.39, 0.29) is 17.8 Å². The minimum atomic E-state index is -0.487. The fourth-order valence-corrected chi connectivity index (χ4v) is 5.03. The van der Waals surface area contributed by atoms with E-state index in [1.807, 2.05) is 51.3 Å². The summed E-state index contributed by atoms with van der Waals surface area (Å²) in [5, 5.41) is 5.36. The molecule has 152 valence electrons. The molecule has 0 amide bonds. The molecule has 0 saturated carbocycles. The zero-order valence-electron chi connectivity index (χ0n) is 17.0. The smallest absolute Gasteiger partial charge is 0.336 e. The predicted molar refractivity (Wildman–Crippen MR) is 112 cm³/mol. The van der Waals surface area contributed by atoms with E-state index in [2.05, 4.69) is 17.5 Å². The van der Waals surface area contributed by atoms with Crippen molar-refractivity contribution >= 4 is 23.1 Å². The van der Waals surface area contributed by atoms with Crippen molar-refractivity contribution in [1.82, 2.24) is 5.32 Å². The lowest BCUT2D eigenvalue weighted by Gasteiger charge is -2.38. The van der Waals surface area contributed by atoms with Crippen LogP contribution in [-0.2, 0) is 14.3 Å². The van der Waals surface area contributed by atoms with Crippen LogP contribution in [0, 0.1) is 12.8 Å². The van der Waals surface area contributed by atoms with Crippen LogP contribution in [0.3, 0.4) is 0 Å². The maximum Gasteiger partial charge on any atom is 0.336 e. The Labute approximate surface area is 174 Å². The Kier molecular flexibility index (Phi) is 5.21. The number of Topliss-reactive ketones (excluding diaryl/α,β-unsaturated/α-hetero) is 1. The summed E-state index contributed by atoms with van der Waals surface area (Å²) in [5.41, 5.74) is 2.02. The van der Waals surface area contributed by atoms with Gasteiger partial charge in [0.25, 0.3) is 0 Å². The Morgan fingerprint density at radius 1 is 1.24 bits per heavy atom. The van der Waals surface area contributed by atoms with Gasteiger partial charge in [-0.25, -0.2) is 4.79 Å². The van der Waals surface area contributed by atoms with Crippen molar-refractivity contribution < 1.29 is 18.7 Å². The molecule has 2 aromatic rings. The number of hydrogen-bond acceptors (Lipinski definition) is 6. The van der Waals surface area contributed by atoms with Crippen molar-refractivity contribution in [3.05, 3.63) is 69.1 Å². The van der Waals surface area contributed by atoms with Crippen LogP contribution in [0.15, 0.2) is 57.1 Å². The summed E-state index contributed by atoms with van der Waals surface area (Å²) < 4.78 is 11.4. The zero-order chi connectivity index (χ0) is 20.7. The lowest BCUT2D eigenvalue weighted by Crippen LogP contribution is -2.42. The topological polar surface area (TPSA) is 68.5 Å². The molecule has 6 heteroatoms. The molecule has 3 heterocycles. The molecule has 29 heavy (non-hydrogen) atoms. The second-order valence-electron chi connectivity index (χ2n) is 7.94. The molecule has 0 aromatic carbocycles. The molecule has 0 radical (unpaired) electrons. The SMILES string of the molecule is CC1=C(C(=O)OC(C)C)C(c2ccc(C)o2)C2C(=O)CC(c3cccs3)C=C2N1. The van der Waals surface area contributed by atoms with Gasteiger partial charge < -0.3 is 14.5 Å². The summed E-state index contributed by atoms with van der Waals surface area (Å²) in [7, 11) is 0. The molecule has 3 unspecified atom stereocenters. The molecule has 5 nitrogen and oxygen atoms in total. The molecule has 1 aliphatic carbocycles. The second kappa shape index (κ2) is 7.67. The third-order valence-corrected chi connectivity index (χ3v) is 6.41. The van der Waals surface area contributed by atoms with Crippen molar-refractivity contribution in [2.24, 2.45) is 5.92 Å². The Hall–Kier alpha value is -2.60. The maximum atomic E-state index is 13.3. The average molecular weight is 412 g/mol. The number of furan rings is 1. The summed E-state index contributed by atoms with van der Waals surface area (Å²) in [6.07, 6.45) is 2.30. The molecule has 4 rings (SSSR count). The number of ether oxygens (including phenoxy) is 1. The van der Waals surface area contributed by atoms with Crippen LogP contribution in [0.5, 0.6) is 0 Å². The van der Waals surface area contributed by atoms with E-state index in [4.69, 9.17) is 9.15 Å². The van der Waals surface area contributed by atoms with Gasteiger partial charge in [-0.1, -0.05) is 12.1 Å². The molecule has 2 aromatic heterocycles. The fourth-order valence-electron chi connectivity index (χ4n) is 4.23. The molecular weight excluding hydrogens is 386 g/mol. The fraction of sp³-hybridized carbons (Fsp3) is 0.391. The number of ketones is 1. The number of esters is 1. The molecule has 2 aliphatic rings. The van der Waals surface area contributed by atoms with Gasteiger partial charge in [0.05, 0.1) is 23.5 Å². The van der Waals surface area contributed by atoms with Crippen molar-refractivity contribution in [3.63, 3.8) is 0 Å². The van der Waals surface area contributed by atoms with Gasteiger partial charge >= 0.3 is 5.97 Å². The van der Waals surface area contributed by atoms with Crippen LogP contribution >= 0.6 is 11.3 Å². The van der Waals surface area contributed by atoms with Gasteiger partial charge in [-0.05, 0) is 51.3 Å². The van der Waals surface area contributed by atoms with Gasteiger partial charge in [0.2, 0.25) is 0 Å². The molecule has 0 spiro atoms. The Morgan fingerprint density at radius 2 is 2.03 bits per heavy atom. The van der Waals surface area contributed by atoms with E-state index in [1.165, 1.54) is 4.88 Å². The van der Waals surface area contributed by atoms with Crippen LogP contribution in [0.2, 0.25) is 0 Å². The van der Waals surface area contributed by atoms with Gasteiger partial charge in [0, 0.05) is 28.6 Å². The van der Waals surface area contributed by atoms with E-state index in [0.29, 0.717) is 23.5 Å². The number of hydrogen-bond donors (Lipinski definition) is 1. The predicted octanol–water partition coefficient (Wildman–Crippen LogP) is 4.82. The molecule has 3 atom stereocenters. The Balaban J connectivity index is 1.81. The summed E-state index contributed by atoms with van der Waals surface area (Å²) in [5.74, 6) is 0.161. The van der Waals surface area contributed by atoms with Crippen molar-refractivity contribution in [3.8, 4) is 0 Å². The minimum absolute atomic E-state index is 0.0530. The second-order valence-corrected chi connectivity index (χ2v) is 8.92. The number of thiophene rings is 1. The van der Waals surface area contributed by atoms with Gasteiger partial charge in [-0.3, -0.25) is 4.79 Å². The third kappa shape index (κ3) is 3.69. The first-order valence-corrected chi connectivity index (χ1v) is 10.8. The number of rotatable bonds is 4. The molecule has 0 bridgehead atoms. The van der Waals surface area contributed by atoms with Gasteiger partial charge in [-0.15, -0.1) is 11.3 Å². The number of carbonyl (C=O) groups excluding carboxylic acids is 2. The van der Waals surface area contributed by atoms with E-state index < -0.39 is 17.8 Å².